The van der Waals surface area contributed by atoms with Crippen LogP contribution in [0.3, 0.4) is 0 Å². The molecule has 1 radical (unpaired) electrons. The Bertz CT molecular complexity index is 201. The van der Waals surface area contributed by atoms with Gasteiger partial charge in [-0.2, -0.15) is 0 Å². The second-order valence-corrected chi connectivity index (χ2v) is 1.43. The summed E-state index contributed by atoms with van der Waals surface area (Å²) in [5.41, 5.74) is 0. The Morgan fingerprint density at radius 1 is 1.78 bits per heavy atom. The highest BCUT2D eigenvalue weighted by atomic mass is 16.6. The van der Waals surface area contributed by atoms with Crippen molar-refractivity contribution in [3.05, 3.63) is 24.2 Å². The first-order valence-electron chi connectivity index (χ1n) is 2.26. The van der Waals surface area contributed by atoms with Crippen LogP contribution in [0.1, 0.15) is 0 Å². The smallest absolute Gasteiger partial charge is 0.276 e. The monoisotopic (exact) mass is 123 g/mol. The zero-order valence-electron chi connectivity index (χ0n) is 4.51. The lowest BCUT2D eigenvalue weighted by Crippen LogP contribution is -1.85. The lowest BCUT2D eigenvalue weighted by molar-refractivity contribution is -0.112. The minimum absolute atomic E-state index is 0.0000926. The molecule has 0 aliphatic carbocycles. The molecule has 0 unspecified atom stereocenters. The molecular weight excluding hydrogens is 120 g/mol. The highest BCUT2D eigenvalue weighted by molar-refractivity contribution is 6.08. The number of hydrogen-bond acceptors (Lipinski definition) is 3. The van der Waals surface area contributed by atoms with Crippen LogP contribution >= 0.6 is 0 Å². The Morgan fingerprint density at radius 3 is 2.78 bits per heavy atom. The molecule has 3 heteroatoms. The molecule has 9 heavy (non-hydrogen) atoms. The topological polar surface area (TPSA) is 46.7 Å². The van der Waals surface area contributed by atoms with Crippen LogP contribution in [0.15, 0.2) is 24.2 Å². The summed E-state index contributed by atoms with van der Waals surface area (Å²) in [5.74, 6) is -0.298. The third-order valence-electron chi connectivity index (χ3n) is 0.871. The molecule has 0 atom stereocenters. The SMILES string of the molecule is C=CC(=O)C1=C([C]=O)O1. The quantitative estimate of drug-likeness (QED) is 0.500. The number of hydrogen-bond donors (Lipinski definition) is 0. The lowest BCUT2D eigenvalue weighted by Gasteiger charge is -1.72. The molecule has 1 heterocycles. The van der Waals surface area contributed by atoms with E-state index in [9.17, 15) is 9.59 Å². The van der Waals surface area contributed by atoms with Gasteiger partial charge in [-0.25, -0.2) is 0 Å². The van der Waals surface area contributed by atoms with Crippen molar-refractivity contribution in [2.45, 2.75) is 0 Å². The molecule has 0 aromatic carbocycles. The zero-order valence-corrected chi connectivity index (χ0v) is 4.51. The maximum atomic E-state index is 10.5. The minimum Gasteiger partial charge on any atom is -0.441 e. The standard InChI is InChI=1S/C6H3O3/c1-2-4(8)6-5(3-7)9-6/h2H,1H2. The average Bonchev–Trinajstić information content (AvgIpc) is 2.64. The second-order valence-electron chi connectivity index (χ2n) is 1.43. The first kappa shape index (κ1) is 5.75. The number of carbonyl (C=O) groups is 1. The molecule has 0 saturated carbocycles. The van der Waals surface area contributed by atoms with Gasteiger partial charge in [0.1, 0.15) is 0 Å². The van der Waals surface area contributed by atoms with Crippen LogP contribution in [0, 0.1) is 0 Å². The van der Waals surface area contributed by atoms with Gasteiger partial charge in [-0.3, -0.25) is 9.59 Å². The summed E-state index contributed by atoms with van der Waals surface area (Å²) in [4.78, 5) is 20.2. The normalized spacial score (nSPS) is 14.2. The van der Waals surface area contributed by atoms with Crippen molar-refractivity contribution < 1.29 is 14.3 Å². The molecule has 0 N–H and O–H groups in total. The zero-order chi connectivity index (χ0) is 6.85. The highest BCUT2D eigenvalue weighted by Gasteiger charge is 2.30. The largest absolute Gasteiger partial charge is 0.441 e. The van der Waals surface area contributed by atoms with E-state index in [1.54, 1.807) is 0 Å². The molecule has 1 rings (SSSR count). The Labute approximate surface area is 51.6 Å². The van der Waals surface area contributed by atoms with E-state index in [2.05, 4.69) is 11.3 Å². The molecule has 1 aliphatic rings. The molecule has 0 aromatic rings. The van der Waals surface area contributed by atoms with Crippen molar-refractivity contribution in [2.24, 2.45) is 0 Å². The Morgan fingerprint density at radius 2 is 2.44 bits per heavy atom. The number of allylic oxidation sites excluding steroid dienone is 2. The Balaban J connectivity index is 2.68. The molecule has 1 aliphatic heterocycles. The van der Waals surface area contributed by atoms with Gasteiger partial charge in [0.05, 0.1) is 0 Å². The maximum absolute atomic E-state index is 10.5. The first-order chi connectivity index (χ1) is 4.29. The van der Waals surface area contributed by atoms with E-state index < -0.39 is 0 Å². The average molecular weight is 123 g/mol. The summed E-state index contributed by atoms with van der Waals surface area (Å²) < 4.78 is 4.41. The van der Waals surface area contributed by atoms with Crippen molar-refractivity contribution in [3.8, 4) is 0 Å². The van der Waals surface area contributed by atoms with Gasteiger partial charge in [0, 0.05) is 0 Å². The van der Waals surface area contributed by atoms with E-state index in [1.807, 2.05) is 0 Å². The summed E-state index contributed by atoms with van der Waals surface area (Å²) in [6.07, 6.45) is 2.53. The third kappa shape index (κ3) is 0.887. The van der Waals surface area contributed by atoms with Crippen LogP contribution in [0.25, 0.3) is 0 Å². The molecule has 0 fully saturated rings. The van der Waals surface area contributed by atoms with E-state index in [-0.39, 0.29) is 17.3 Å². The van der Waals surface area contributed by atoms with Crippen LogP contribution in [-0.4, -0.2) is 12.1 Å². The number of carbonyl (C=O) groups excluding carboxylic acids is 2. The summed E-state index contributed by atoms with van der Waals surface area (Å²) in [7, 11) is 0. The third-order valence-corrected chi connectivity index (χ3v) is 0.871. The number of ketones is 1. The summed E-state index contributed by atoms with van der Waals surface area (Å²) in [6, 6.07) is 0. The molecule has 0 aromatic heterocycles. The van der Waals surface area contributed by atoms with Gasteiger partial charge in [-0.15, -0.1) is 0 Å². The van der Waals surface area contributed by atoms with E-state index in [1.165, 1.54) is 6.29 Å². The minimum atomic E-state index is -0.367. The van der Waals surface area contributed by atoms with Gasteiger partial charge in [-0.05, 0) is 6.08 Å². The van der Waals surface area contributed by atoms with E-state index in [0.717, 1.165) is 6.08 Å². The highest BCUT2D eigenvalue weighted by Crippen LogP contribution is 2.24. The van der Waals surface area contributed by atoms with Crippen molar-refractivity contribution in [1.82, 2.24) is 0 Å². The fourth-order valence-electron chi connectivity index (χ4n) is 0.399. The van der Waals surface area contributed by atoms with Gasteiger partial charge in [-0.1, -0.05) is 6.58 Å². The molecular formula is C6H3O3. The Hall–Kier alpha value is -1.38. The molecule has 3 nitrogen and oxygen atoms in total. The van der Waals surface area contributed by atoms with Crippen LogP contribution in [-0.2, 0) is 14.3 Å². The van der Waals surface area contributed by atoms with Crippen LogP contribution in [0.5, 0.6) is 0 Å². The summed E-state index contributed by atoms with van der Waals surface area (Å²) in [5, 5.41) is 0. The lowest BCUT2D eigenvalue weighted by atomic mass is 10.3. The predicted octanol–water partition coefficient (Wildman–Crippen LogP) is 0.0930. The second kappa shape index (κ2) is 1.85. The summed E-state index contributed by atoms with van der Waals surface area (Å²) in [6.45, 7) is 3.20. The predicted molar refractivity (Wildman–Crippen MR) is 29.0 cm³/mol. The van der Waals surface area contributed by atoms with Gasteiger partial charge in [0.15, 0.2) is 0 Å². The van der Waals surface area contributed by atoms with E-state index >= 15 is 0 Å². The van der Waals surface area contributed by atoms with Crippen LogP contribution in [0.4, 0.5) is 0 Å². The maximum Gasteiger partial charge on any atom is 0.276 e. The van der Waals surface area contributed by atoms with Crippen molar-refractivity contribution in [3.63, 3.8) is 0 Å². The molecule has 0 spiro atoms. The van der Waals surface area contributed by atoms with Crippen LogP contribution < -0.4 is 0 Å². The molecule has 45 valence electrons. The van der Waals surface area contributed by atoms with Gasteiger partial charge in [0.25, 0.3) is 6.29 Å². The molecule has 0 saturated heterocycles. The molecule has 0 amide bonds. The Kier molecular flexibility index (Phi) is 1.18. The van der Waals surface area contributed by atoms with Crippen molar-refractivity contribution in [2.75, 3.05) is 0 Å². The van der Waals surface area contributed by atoms with E-state index in [0.29, 0.717) is 0 Å². The van der Waals surface area contributed by atoms with Crippen molar-refractivity contribution >= 4 is 12.1 Å². The van der Waals surface area contributed by atoms with Gasteiger partial charge < -0.3 is 4.74 Å². The van der Waals surface area contributed by atoms with Crippen LogP contribution in [0.2, 0.25) is 0 Å². The van der Waals surface area contributed by atoms with Crippen molar-refractivity contribution in [1.29, 1.82) is 0 Å². The number of ether oxygens (including phenoxy) is 1. The summed E-state index contributed by atoms with van der Waals surface area (Å²) >= 11 is 0. The van der Waals surface area contributed by atoms with Gasteiger partial charge >= 0.3 is 0 Å². The fraction of sp³-hybridized carbons (Fsp3) is 0. The number of rotatable bonds is 3. The fourth-order valence-corrected chi connectivity index (χ4v) is 0.399. The molecule has 0 bridgehead atoms. The first-order valence-corrected chi connectivity index (χ1v) is 2.26. The van der Waals surface area contributed by atoms with E-state index in [4.69, 9.17) is 0 Å². The van der Waals surface area contributed by atoms with Gasteiger partial charge in [0.2, 0.25) is 17.3 Å².